The predicted molar refractivity (Wildman–Crippen MR) is 50.3 cm³/mol. The Hall–Kier alpha value is -0.240. The number of ether oxygens (including phenoxy) is 1. The predicted octanol–water partition coefficient (Wildman–Crippen LogP) is 2.59. The monoisotopic (exact) mass is 192 g/mol. The topological polar surface area (TPSA) is 26.3 Å². The van der Waals surface area contributed by atoms with Gasteiger partial charge in [-0.15, -0.1) is 11.6 Å². The first-order valence-corrected chi connectivity index (χ1v) is 4.34. The number of hydrogen-bond donors (Lipinski definition) is 0. The van der Waals surface area contributed by atoms with Gasteiger partial charge in [-0.05, 0) is 18.8 Å². The van der Waals surface area contributed by atoms with E-state index in [9.17, 15) is 4.79 Å². The van der Waals surface area contributed by atoms with E-state index >= 15 is 0 Å². The van der Waals surface area contributed by atoms with E-state index in [1.807, 2.05) is 20.8 Å². The van der Waals surface area contributed by atoms with Crippen LogP contribution in [0.5, 0.6) is 0 Å². The van der Waals surface area contributed by atoms with Crippen LogP contribution >= 0.6 is 11.6 Å². The Morgan fingerprint density at radius 1 is 1.33 bits per heavy atom. The third-order valence-corrected chi connectivity index (χ3v) is 1.76. The van der Waals surface area contributed by atoms with E-state index in [0.717, 1.165) is 0 Å². The highest BCUT2D eigenvalue weighted by atomic mass is 35.5. The van der Waals surface area contributed by atoms with Gasteiger partial charge >= 0.3 is 5.97 Å². The Morgan fingerprint density at radius 2 is 1.75 bits per heavy atom. The lowest BCUT2D eigenvalue weighted by molar-refractivity contribution is -0.144. The van der Waals surface area contributed by atoms with E-state index in [4.69, 9.17) is 11.6 Å². The van der Waals surface area contributed by atoms with Crippen molar-refractivity contribution in [1.29, 1.82) is 0 Å². The number of carbonyl (C=O) groups is 1. The van der Waals surface area contributed by atoms with Crippen molar-refractivity contribution in [3.05, 3.63) is 0 Å². The van der Waals surface area contributed by atoms with Crippen molar-refractivity contribution in [3.8, 4) is 0 Å². The number of carbonyl (C=O) groups excluding carboxylic acids is 1. The molecule has 0 aliphatic carbocycles. The summed E-state index contributed by atoms with van der Waals surface area (Å²) in [6.45, 7) is 7.80. The van der Waals surface area contributed by atoms with Crippen LogP contribution in [-0.4, -0.2) is 18.0 Å². The van der Waals surface area contributed by atoms with Crippen LogP contribution in [0.4, 0.5) is 0 Å². The molecule has 0 aromatic rings. The normalized spacial score (nSPS) is 16.8. The molecule has 0 fully saturated rings. The summed E-state index contributed by atoms with van der Waals surface area (Å²) >= 11 is 6.00. The second-order valence-electron chi connectivity index (χ2n) is 4.43. The highest BCUT2D eigenvalue weighted by Gasteiger charge is 2.35. The maximum atomic E-state index is 11.2. The number of halogens is 1. The maximum Gasteiger partial charge on any atom is 0.326 e. The Balaban J connectivity index is 4.32. The molecule has 0 aromatic carbocycles. The first-order valence-electron chi connectivity index (χ1n) is 3.96. The van der Waals surface area contributed by atoms with E-state index in [1.165, 1.54) is 7.11 Å². The lowest BCUT2D eigenvalue weighted by Gasteiger charge is -2.27. The standard InChI is InChI=1S/C9H17ClO2/c1-8(2,3)6-9(4,10)7(11)12-5/h6H2,1-5H3. The fourth-order valence-corrected chi connectivity index (χ4v) is 1.76. The van der Waals surface area contributed by atoms with E-state index in [-0.39, 0.29) is 11.4 Å². The SMILES string of the molecule is COC(=O)C(C)(Cl)CC(C)(C)C. The van der Waals surface area contributed by atoms with Crippen LogP contribution in [0.15, 0.2) is 0 Å². The van der Waals surface area contributed by atoms with Crippen molar-refractivity contribution < 1.29 is 9.53 Å². The first-order chi connectivity index (χ1) is 5.19. The summed E-state index contributed by atoms with van der Waals surface area (Å²) in [5, 5.41) is 0. The van der Waals surface area contributed by atoms with Crippen molar-refractivity contribution in [2.75, 3.05) is 7.11 Å². The van der Waals surface area contributed by atoms with Crippen molar-refractivity contribution in [2.45, 2.75) is 39.0 Å². The van der Waals surface area contributed by atoms with Crippen LogP contribution in [0.3, 0.4) is 0 Å². The fourth-order valence-electron chi connectivity index (χ4n) is 1.28. The van der Waals surface area contributed by atoms with Crippen molar-refractivity contribution in [2.24, 2.45) is 5.41 Å². The minimum Gasteiger partial charge on any atom is -0.468 e. The van der Waals surface area contributed by atoms with Crippen LogP contribution in [-0.2, 0) is 9.53 Å². The lowest BCUT2D eigenvalue weighted by Crippen LogP contribution is -2.34. The van der Waals surface area contributed by atoms with Crippen LogP contribution in [0.2, 0.25) is 0 Å². The molecule has 0 aromatic heterocycles. The summed E-state index contributed by atoms with van der Waals surface area (Å²) < 4.78 is 4.59. The number of alkyl halides is 1. The first kappa shape index (κ1) is 11.8. The van der Waals surface area contributed by atoms with Gasteiger partial charge in [-0.2, -0.15) is 0 Å². The Labute approximate surface area is 79.2 Å². The molecule has 12 heavy (non-hydrogen) atoms. The summed E-state index contributed by atoms with van der Waals surface area (Å²) in [4.78, 5) is 10.3. The molecule has 2 nitrogen and oxygen atoms in total. The van der Waals surface area contributed by atoms with Gasteiger partial charge < -0.3 is 4.74 Å². The molecular formula is C9H17ClO2. The van der Waals surface area contributed by atoms with Crippen molar-refractivity contribution in [1.82, 2.24) is 0 Å². The van der Waals surface area contributed by atoms with Crippen molar-refractivity contribution in [3.63, 3.8) is 0 Å². The van der Waals surface area contributed by atoms with E-state index in [2.05, 4.69) is 4.74 Å². The van der Waals surface area contributed by atoms with Gasteiger partial charge in [0.15, 0.2) is 0 Å². The van der Waals surface area contributed by atoms with Gasteiger partial charge in [0, 0.05) is 0 Å². The quantitative estimate of drug-likeness (QED) is 0.497. The van der Waals surface area contributed by atoms with Gasteiger partial charge in [0.2, 0.25) is 0 Å². The molecule has 1 unspecified atom stereocenters. The highest BCUT2D eigenvalue weighted by molar-refractivity contribution is 6.33. The summed E-state index contributed by atoms with van der Waals surface area (Å²) in [6, 6.07) is 0. The molecule has 0 spiro atoms. The minimum atomic E-state index is -0.896. The van der Waals surface area contributed by atoms with Gasteiger partial charge in [-0.25, -0.2) is 0 Å². The van der Waals surface area contributed by atoms with Crippen LogP contribution in [0.1, 0.15) is 34.1 Å². The summed E-state index contributed by atoms with van der Waals surface area (Å²) in [5.74, 6) is -0.362. The average molecular weight is 193 g/mol. The Kier molecular flexibility index (Phi) is 3.58. The number of esters is 1. The molecule has 1 atom stereocenters. The van der Waals surface area contributed by atoms with E-state index < -0.39 is 4.87 Å². The molecule has 0 rings (SSSR count). The molecule has 0 N–H and O–H groups in total. The van der Waals surface area contributed by atoms with E-state index in [0.29, 0.717) is 6.42 Å². The molecule has 0 bridgehead atoms. The zero-order valence-corrected chi connectivity index (χ0v) is 9.16. The average Bonchev–Trinajstić information content (AvgIpc) is 1.80. The smallest absolute Gasteiger partial charge is 0.326 e. The number of methoxy groups -OCH3 is 1. The zero-order valence-electron chi connectivity index (χ0n) is 8.40. The molecule has 0 saturated carbocycles. The summed E-state index contributed by atoms with van der Waals surface area (Å²) in [5.41, 5.74) is 0.0324. The molecule has 0 amide bonds. The van der Waals surface area contributed by atoms with E-state index in [1.54, 1.807) is 6.92 Å². The maximum absolute atomic E-state index is 11.2. The van der Waals surface area contributed by atoms with Crippen LogP contribution in [0.25, 0.3) is 0 Å². The zero-order chi connectivity index (χ0) is 9.99. The fraction of sp³-hybridized carbons (Fsp3) is 0.889. The molecule has 0 heterocycles. The largest absolute Gasteiger partial charge is 0.468 e. The molecule has 72 valence electrons. The second kappa shape index (κ2) is 3.65. The third-order valence-electron chi connectivity index (χ3n) is 1.47. The number of rotatable bonds is 2. The molecule has 0 radical (unpaired) electrons. The van der Waals surface area contributed by atoms with Gasteiger partial charge in [0.1, 0.15) is 4.87 Å². The lowest BCUT2D eigenvalue weighted by atomic mass is 9.85. The third kappa shape index (κ3) is 3.96. The van der Waals surface area contributed by atoms with Crippen LogP contribution in [0, 0.1) is 5.41 Å². The molecule has 0 aliphatic heterocycles. The molecule has 0 saturated heterocycles. The highest BCUT2D eigenvalue weighted by Crippen LogP contribution is 2.32. The van der Waals surface area contributed by atoms with Crippen LogP contribution < -0.4 is 0 Å². The molecular weight excluding hydrogens is 176 g/mol. The summed E-state index contributed by atoms with van der Waals surface area (Å²) in [7, 11) is 1.35. The Bertz CT molecular complexity index is 168. The summed E-state index contributed by atoms with van der Waals surface area (Å²) in [6.07, 6.45) is 0.605. The molecule has 0 aliphatic rings. The Morgan fingerprint density at radius 3 is 2.00 bits per heavy atom. The minimum absolute atomic E-state index is 0.0324. The van der Waals surface area contributed by atoms with Gasteiger partial charge in [0.25, 0.3) is 0 Å². The number of hydrogen-bond acceptors (Lipinski definition) is 2. The van der Waals surface area contributed by atoms with Gasteiger partial charge in [0.05, 0.1) is 7.11 Å². The van der Waals surface area contributed by atoms with Gasteiger partial charge in [-0.1, -0.05) is 20.8 Å². The van der Waals surface area contributed by atoms with Gasteiger partial charge in [-0.3, -0.25) is 4.79 Å². The second-order valence-corrected chi connectivity index (χ2v) is 5.26. The van der Waals surface area contributed by atoms with Crippen molar-refractivity contribution >= 4 is 17.6 Å². The molecule has 3 heteroatoms.